The lowest BCUT2D eigenvalue weighted by molar-refractivity contribution is 0.603. The number of anilines is 1. The normalized spacial score (nSPS) is 19.6. The van der Waals surface area contributed by atoms with Crippen molar-refractivity contribution in [2.24, 2.45) is 9.39 Å². The second kappa shape index (κ2) is 6.20. The molecule has 124 valence electrons. The number of likely N-dealkylation sites (N-methyl/N-ethyl adjacent to an activating group) is 1. The maximum absolute atomic E-state index is 11.7. The van der Waals surface area contributed by atoms with Gasteiger partial charge in [0.05, 0.1) is 18.0 Å². The number of aliphatic imine (C=N–C) groups is 1. The van der Waals surface area contributed by atoms with Crippen LogP contribution in [0.3, 0.4) is 0 Å². The Hall–Kier alpha value is -2.47. The Bertz CT molecular complexity index is 918. The van der Waals surface area contributed by atoms with Crippen LogP contribution in [0.4, 0.5) is 5.69 Å². The number of nitrogens with zero attached hydrogens (tertiary/aromatic N) is 3. The summed E-state index contributed by atoms with van der Waals surface area (Å²) in [6.07, 6.45) is 1.09. The molecule has 24 heavy (non-hydrogen) atoms. The van der Waals surface area contributed by atoms with Gasteiger partial charge < -0.3 is 4.90 Å². The van der Waals surface area contributed by atoms with Crippen LogP contribution >= 0.6 is 0 Å². The molecule has 0 bridgehead atoms. The van der Waals surface area contributed by atoms with Crippen molar-refractivity contribution in [2.45, 2.75) is 13.0 Å². The molecule has 2 aromatic carbocycles. The number of rotatable bonds is 2. The zero-order valence-electron chi connectivity index (χ0n) is 13.8. The smallest absolute Gasteiger partial charge is 0.251 e. The van der Waals surface area contributed by atoms with Crippen LogP contribution in [0.25, 0.3) is 0 Å². The first kappa shape index (κ1) is 16.4. The Balaban J connectivity index is 2.30. The molecular weight excluding hydrogens is 322 g/mol. The minimum atomic E-state index is -3.54. The van der Waals surface area contributed by atoms with Gasteiger partial charge in [-0.1, -0.05) is 48.5 Å². The standard InChI is InChI=1S/C18H19N3O2S/c1-13-18(20-24(3,22)23)19-17(14-9-5-4-6-10-14)15-11-7-8-12-16(15)21(13)2/h4-13H,1-3H3/b20-18-. The molecule has 0 radical (unpaired) electrons. The lowest BCUT2D eigenvalue weighted by Gasteiger charge is -2.25. The number of hydrogen-bond donors (Lipinski definition) is 0. The lowest BCUT2D eigenvalue weighted by Crippen LogP contribution is -2.35. The molecule has 0 N–H and O–H groups in total. The van der Waals surface area contributed by atoms with Crippen LogP contribution in [0.2, 0.25) is 0 Å². The third-order valence-corrected chi connectivity index (χ3v) is 4.55. The Morgan fingerprint density at radius 3 is 2.33 bits per heavy atom. The van der Waals surface area contributed by atoms with Crippen molar-refractivity contribution in [2.75, 3.05) is 18.2 Å². The van der Waals surface area contributed by atoms with Crippen LogP contribution in [0.5, 0.6) is 0 Å². The van der Waals surface area contributed by atoms with E-state index in [2.05, 4.69) is 9.39 Å². The highest BCUT2D eigenvalue weighted by Gasteiger charge is 2.26. The molecule has 0 saturated heterocycles. The Morgan fingerprint density at radius 1 is 1.04 bits per heavy atom. The average Bonchev–Trinajstić information content (AvgIpc) is 2.65. The lowest BCUT2D eigenvalue weighted by atomic mass is 10.0. The number of para-hydroxylation sites is 1. The highest BCUT2D eigenvalue weighted by molar-refractivity contribution is 7.89. The molecule has 5 nitrogen and oxygen atoms in total. The topological polar surface area (TPSA) is 62.1 Å². The minimum Gasteiger partial charge on any atom is -0.364 e. The van der Waals surface area contributed by atoms with E-state index in [-0.39, 0.29) is 11.9 Å². The van der Waals surface area contributed by atoms with Crippen molar-refractivity contribution in [1.82, 2.24) is 0 Å². The second-order valence-electron chi connectivity index (χ2n) is 5.81. The van der Waals surface area contributed by atoms with Crippen LogP contribution in [0.15, 0.2) is 64.0 Å². The molecule has 1 aliphatic rings. The van der Waals surface area contributed by atoms with Gasteiger partial charge in [-0.05, 0) is 13.0 Å². The van der Waals surface area contributed by atoms with Gasteiger partial charge in [-0.25, -0.2) is 13.4 Å². The number of fused-ring (bicyclic) bond motifs is 1. The number of benzodiazepines with no additional fused rings is 1. The molecule has 1 unspecified atom stereocenters. The number of benzene rings is 2. The Labute approximate surface area is 142 Å². The fourth-order valence-corrected chi connectivity index (χ4v) is 3.25. The van der Waals surface area contributed by atoms with E-state index in [9.17, 15) is 8.42 Å². The summed E-state index contributed by atoms with van der Waals surface area (Å²) in [5.41, 5.74) is 3.60. The van der Waals surface area contributed by atoms with Gasteiger partial charge in [-0.3, -0.25) is 0 Å². The van der Waals surface area contributed by atoms with Gasteiger partial charge in [0, 0.05) is 23.9 Å². The zero-order valence-corrected chi connectivity index (χ0v) is 14.7. The second-order valence-corrected chi connectivity index (χ2v) is 7.46. The van der Waals surface area contributed by atoms with E-state index in [0.29, 0.717) is 0 Å². The van der Waals surface area contributed by atoms with Crippen molar-refractivity contribution in [3.05, 3.63) is 65.7 Å². The van der Waals surface area contributed by atoms with Gasteiger partial charge in [-0.2, -0.15) is 0 Å². The highest BCUT2D eigenvalue weighted by Crippen LogP contribution is 2.28. The van der Waals surface area contributed by atoms with E-state index in [4.69, 9.17) is 0 Å². The van der Waals surface area contributed by atoms with Crippen molar-refractivity contribution >= 4 is 27.3 Å². The molecule has 6 heteroatoms. The molecule has 0 aromatic heterocycles. The number of sulfonamides is 1. The Kier molecular flexibility index (Phi) is 4.24. The van der Waals surface area contributed by atoms with E-state index in [1.54, 1.807) is 0 Å². The molecule has 0 amide bonds. The van der Waals surface area contributed by atoms with Crippen LogP contribution in [0, 0.1) is 0 Å². The van der Waals surface area contributed by atoms with Gasteiger partial charge >= 0.3 is 0 Å². The van der Waals surface area contributed by atoms with E-state index in [1.807, 2.05) is 73.5 Å². The van der Waals surface area contributed by atoms with Gasteiger partial charge in [-0.15, -0.1) is 4.40 Å². The summed E-state index contributed by atoms with van der Waals surface area (Å²) in [6, 6.07) is 17.4. The zero-order chi connectivity index (χ0) is 17.3. The Morgan fingerprint density at radius 2 is 1.67 bits per heavy atom. The van der Waals surface area contributed by atoms with Crippen LogP contribution < -0.4 is 4.90 Å². The molecule has 2 aromatic rings. The average molecular weight is 341 g/mol. The summed E-state index contributed by atoms with van der Waals surface area (Å²) in [5.74, 6) is 0.287. The fourth-order valence-electron chi connectivity index (χ4n) is 2.71. The van der Waals surface area contributed by atoms with Gasteiger partial charge in [0.2, 0.25) is 0 Å². The molecule has 0 spiro atoms. The van der Waals surface area contributed by atoms with Crippen molar-refractivity contribution < 1.29 is 8.42 Å². The maximum Gasteiger partial charge on any atom is 0.251 e. The van der Waals surface area contributed by atoms with E-state index < -0.39 is 10.0 Å². The predicted octanol–water partition coefficient (Wildman–Crippen LogP) is 2.72. The van der Waals surface area contributed by atoms with Gasteiger partial charge in [0.1, 0.15) is 0 Å². The summed E-state index contributed by atoms with van der Waals surface area (Å²) in [7, 11) is -1.61. The van der Waals surface area contributed by atoms with Crippen LogP contribution in [-0.2, 0) is 10.0 Å². The third-order valence-electron chi connectivity index (χ3n) is 4.03. The third kappa shape index (κ3) is 3.23. The van der Waals surface area contributed by atoms with E-state index in [0.717, 1.165) is 28.8 Å². The van der Waals surface area contributed by atoms with E-state index in [1.165, 1.54) is 0 Å². The molecule has 0 saturated carbocycles. The summed E-state index contributed by atoms with van der Waals surface area (Å²) in [5, 5.41) is 0. The largest absolute Gasteiger partial charge is 0.364 e. The fraction of sp³-hybridized carbons (Fsp3) is 0.222. The molecule has 1 heterocycles. The predicted molar refractivity (Wildman–Crippen MR) is 98.7 cm³/mol. The van der Waals surface area contributed by atoms with Crippen molar-refractivity contribution in [3.63, 3.8) is 0 Å². The quantitative estimate of drug-likeness (QED) is 0.844. The molecular formula is C18H19N3O2S. The minimum absolute atomic E-state index is 0.262. The van der Waals surface area contributed by atoms with E-state index >= 15 is 0 Å². The number of hydrogen-bond acceptors (Lipinski definition) is 3. The van der Waals surface area contributed by atoms with Gasteiger partial charge in [0.15, 0.2) is 5.84 Å². The summed E-state index contributed by atoms with van der Waals surface area (Å²) >= 11 is 0. The molecule has 0 fully saturated rings. The summed E-state index contributed by atoms with van der Waals surface area (Å²) in [4.78, 5) is 6.65. The number of amidine groups is 1. The first-order valence-electron chi connectivity index (χ1n) is 7.63. The van der Waals surface area contributed by atoms with Crippen molar-refractivity contribution in [3.8, 4) is 0 Å². The van der Waals surface area contributed by atoms with Crippen LogP contribution in [0.1, 0.15) is 18.1 Å². The molecule has 1 aliphatic heterocycles. The first-order valence-corrected chi connectivity index (χ1v) is 9.48. The van der Waals surface area contributed by atoms with Gasteiger partial charge in [0.25, 0.3) is 10.0 Å². The monoisotopic (exact) mass is 341 g/mol. The SMILES string of the molecule is CC1/C(=N/S(C)(=O)=O)N=C(c2ccccc2)c2ccccc2N1C. The summed E-state index contributed by atoms with van der Waals surface area (Å²) < 4.78 is 27.3. The molecule has 3 rings (SSSR count). The maximum atomic E-state index is 11.7. The summed E-state index contributed by atoms with van der Waals surface area (Å²) in [6.45, 7) is 1.90. The molecule has 1 atom stereocenters. The van der Waals surface area contributed by atoms with Crippen molar-refractivity contribution in [1.29, 1.82) is 0 Å². The molecule has 0 aliphatic carbocycles. The highest BCUT2D eigenvalue weighted by atomic mass is 32.2. The van der Waals surface area contributed by atoms with Crippen LogP contribution in [-0.4, -0.2) is 39.3 Å². The first-order chi connectivity index (χ1) is 11.4.